The molecule has 0 bridgehead atoms. The highest BCUT2D eigenvalue weighted by Crippen LogP contribution is 2.26. The molecule has 0 spiro atoms. The normalized spacial score (nSPS) is 28.2. The molecule has 0 aromatic carbocycles. The SMILES string of the molecule is O=C1N[C@H]2CS(=O)(=O)C[C@@H]2N1c1c[nH]c(=O)[nH]c1=O. The number of amides is 2. The van der Waals surface area contributed by atoms with Crippen molar-refractivity contribution in [2.45, 2.75) is 12.1 Å². The maximum absolute atomic E-state index is 11.8. The van der Waals surface area contributed by atoms with Crippen LogP contribution in [-0.4, -0.2) is 48.0 Å². The first-order valence-electron chi connectivity index (χ1n) is 5.49. The summed E-state index contributed by atoms with van der Waals surface area (Å²) in [5.41, 5.74) is -1.49. The molecule has 2 aliphatic rings. The number of aromatic nitrogens is 2. The van der Waals surface area contributed by atoms with Crippen molar-refractivity contribution in [1.82, 2.24) is 15.3 Å². The summed E-state index contributed by atoms with van der Waals surface area (Å²) in [6.07, 6.45) is 1.11. The van der Waals surface area contributed by atoms with Crippen LogP contribution in [0.25, 0.3) is 0 Å². The number of nitrogens with one attached hydrogen (secondary N) is 3. The molecule has 10 heteroatoms. The molecule has 0 unspecified atom stereocenters. The predicted octanol–water partition coefficient (Wildman–Crippen LogP) is -2.24. The molecule has 2 saturated heterocycles. The first kappa shape index (κ1) is 12.0. The molecule has 3 rings (SSSR count). The Hall–Kier alpha value is -2.10. The van der Waals surface area contributed by atoms with Gasteiger partial charge in [0.15, 0.2) is 9.84 Å². The van der Waals surface area contributed by atoms with Crippen LogP contribution >= 0.6 is 0 Å². The van der Waals surface area contributed by atoms with Crippen LogP contribution in [-0.2, 0) is 9.84 Å². The molecule has 0 aliphatic carbocycles. The third-order valence-corrected chi connectivity index (χ3v) is 4.96. The Kier molecular flexibility index (Phi) is 2.33. The highest BCUT2D eigenvalue weighted by atomic mass is 32.2. The van der Waals surface area contributed by atoms with Crippen LogP contribution in [0.15, 0.2) is 15.8 Å². The van der Waals surface area contributed by atoms with E-state index in [1.165, 1.54) is 0 Å². The van der Waals surface area contributed by atoms with Gasteiger partial charge in [-0.25, -0.2) is 18.0 Å². The molecule has 19 heavy (non-hydrogen) atoms. The molecule has 1 aromatic heterocycles. The number of carbonyl (C=O) groups is 1. The van der Waals surface area contributed by atoms with Crippen LogP contribution in [0.4, 0.5) is 10.5 Å². The molecule has 2 atom stereocenters. The van der Waals surface area contributed by atoms with Crippen molar-refractivity contribution in [2.24, 2.45) is 0 Å². The van der Waals surface area contributed by atoms with Crippen LogP contribution in [0.1, 0.15) is 0 Å². The lowest BCUT2D eigenvalue weighted by Gasteiger charge is -2.19. The summed E-state index contributed by atoms with van der Waals surface area (Å²) >= 11 is 0. The summed E-state index contributed by atoms with van der Waals surface area (Å²) < 4.78 is 23.1. The topological polar surface area (TPSA) is 132 Å². The fraction of sp³-hybridized carbons (Fsp3) is 0.444. The van der Waals surface area contributed by atoms with Gasteiger partial charge in [-0.15, -0.1) is 0 Å². The average molecular weight is 286 g/mol. The summed E-state index contributed by atoms with van der Waals surface area (Å²) in [5.74, 6) is -0.337. The Labute approximate surface area is 106 Å². The minimum atomic E-state index is -3.23. The number of fused-ring (bicyclic) bond motifs is 1. The number of anilines is 1. The summed E-state index contributed by atoms with van der Waals surface area (Å²) in [6, 6.07) is -1.68. The second-order valence-electron chi connectivity index (χ2n) is 4.53. The highest BCUT2D eigenvalue weighted by molar-refractivity contribution is 7.91. The second kappa shape index (κ2) is 3.70. The lowest BCUT2D eigenvalue weighted by atomic mass is 10.2. The van der Waals surface area contributed by atoms with E-state index in [0.29, 0.717) is 0 Å². The molecule has 3 N–H and O–H groups in total. The van der Waals surface area contributed by atoms with Gasteiger partial charge in [0.05, 0.1) is 23.6 Å². The molecular formula is C9H10N4O5S. The van der Waals surface area contributed by atoms with Crippen molar-refractivity contribution in [3.05, 3.63) is 27.0 Å². The minimum absolute atomic E-state index is 0.0679. The summed E-state index contributed by atoms with van der Waals surface area (Å²) in [4.78, 5) is 39.8. The van der Waals surface area contributed by atoms with Gasteiger partial charge in [-0.1, -0.05) is 0 Å². The van der Waals surface area contributed by atoms with Crippen LogP contribution in [0.3, 0.4) is 0 Å². The van der Waals surface area contributed by atoms with Crippen molar-refractivity contribution in [1.29, 1.82) is 0 Å². The lowest BCUT2D eigenvalue weighted by molar-refractivity contribution is 0.251. The maximum atomic E-state index is 11.8. The summed E-state index contributed by atoms with van der Waals surface area (Å²) in [6.45, 7) is 0. The fourth-order valence-electron chi connectivity index (χ4n) is 2.47. The molecular weight excluding hydrogens is 276 g/mol. The smallest absolute Gasteiger partial charge is 0.325 e. The lowest BCUT2D eigenvalue weighted by Crippen LogP contribution is -2.41. The van der Waals surface area contributed by atoms with Crippen molar-refractivity contribution >= 4 is 21.6 Å². The molecule has 1 aromatic rings. The van der Waals surface area contributed by atoms with Gasteiger partial charge >= 0.3 is 11.7 Å². The van der Waals surface area contributed by atoms with E-state index >= 15 is 0 Å². The molecule has 3 heterocycles. The van der Waals surface area contributed by atoms with Crippen LogP contribution in [0, 0.1) is 0 Å². The molecule has 2 fully saturated rings. The molecule has 0 saturated carbocycles. The van der Waals surface area contributed by atoms with E-state index in [9.17, 15) is 22.8 Å². The largest absolute Gasteiger partial charge is 0.332 e. The zero-order valence-corrected chi connectivity index (χ0v) is 10.4. The van der Waals surface area contributed by atoms with E-state index in [2.05, 4.69) is 10.3 Å². The van der Waals surface area contributed by atoms with Crippen LogP contribution < -0.4 is 21.5 Å². The first-order valence-corrected chi connectivity index (χ1v) is 7.32. The number of hydrogen-bond donors (Lipinski definition) is 3. The van der Waals surface area contributed by atoms with Gasteiger partial charge in [-0.3, -0.25) is 14.7 Å². The van der Waals surface area contributed by atoms with Crippen molar-refractivity contribution in [3.8, 4) is 0 Å². The number of hydrogen-bond acceptors (Lipinski definition) is 5. The Morgan fingerprint density at radius 2 is 1.95 bits per heavy atom. The third kappa shape index (κ3) is 1.84. The molecule has 0 radical (unpaired) electrons. The fourth-order valence-corrected chi connectivity index (χ4v) is 4.36. The maximum Gasteiger partial charge on any atom is 0.325 e. The Morgan fingerprint density at radius 3 is 2.63 bits per heavy atom. The van der Waals surface area contributed by atoms with E-state index in [4.69, 9.17) is 0 Å². The second-order valence-corrected chi connectivity index (χ2v) is 6.68. The van der Waals surface area contributed by atoms with E-state index < -0.39 is 39.2 Å². The average Bonchev–Trinajstić information content (AvgIpc) is 2.70. The Balaban J connectivity index is 2.07. The molecule has 2 amide bonds. The van der Waals surface area contributed by atoms with Gasteiger partial charge in [-0.05, 0) is 0 Å². The number of nitrogens with zero attached hydrogens (tertiary/aromatic N) is 1. The third-order valence-electron chi connectivity index (χ3n) is 3.24. The van der Waals surface area contributed by atoms with Crippen molar-refractivity contribution in [2.75, 3.05) is 16.4 Å². The molecule has 102 valence electrons. The van der Waals surface area contributed by atoms with Crippen LogP contribution in [0.5, 0.6) is 0 Å². The summed E-state index contributed by atoms with van der Waals surface area (Å²) in [5, 5.41) is 2.52. The van der Waals surface area contributed by atoms with Crippen molar-refractivity contribution < 1.29 is 13.2 Å². The number of carbonyl (C=O) groups excluding carboxylic acids is 1. The van der Waals surface area contributed by atoms with Crippen LogP contribution in [0.2, 0.25) is 0 Å². The predicted molar refractivity (Wildman–Crippen MR) is 64.9 cm³/mol. The van der Waals surface area contributed by atoms with E-state index in [-0.39, 0.29) is 17.2 Å². The van der Waals surface area contributed by atoms with Gasteiger partial charge in [0.2, 0.25) is 0 Å². The highest BCUT2D eigenvalue weighted by Gasteiger charge is 2.49. The van der Waals surface area contributed by atoms with E-state index in [1.54, 1.807) is 0 Å². The number of H-pyrrole nitrogens is 2. The van der Waals surface area contributed by atoms with Gasteiger partial charge in [0, 0.05) is 6.20 Å². The molecule has 2 aliphatic heterocycles. The monoisotopic (exact) mass is 286 g/mol. The Morgan fingerprint density at radius 1 is 1.21 bits per heavy atom. The van der Waals surface area contributed by atoms with Gasteiger partial charge in [0.1, 0.15) is 5.69 Å². The minimum Gasteiger partial charge on any atom is -0.332 e. The first-order chi connectivity index (χ1) is 8.87. The van der Waals surface area contributed by atoms with Gasteiger partial charge in [-0.2, -0.15) is 0 Å². The number of urea groups is 1. The Bertz CT molecular complexity index is 763. The van der Waals surface area contributed by atoms with E-state index in [0.717, 1.165) is 11.1 Å². The molecule has 9 nitrogen and oxygen atoms in total. The number of rotatable bonds is 1. The number of aromatic amines is 2. The summed E-state index contributed by atoms with van der Waals surface area (Å²) in [7, 11) is -3.23. The zero-order valence-electron chi connectivity index (χ0n) is 9.54. The van der Waals surface area contributed by atoms with E-state index in [1.807, 2.05) is 4.98 Å². The zero-order chi connectivity index (χ0) is 13.8. The number of sulfone groups is 1. The van der Waals surface area contributed by atoms with Gasteiger partial charge in [0.25, 0.3) is 5.56 Å². The standard InChI is InChI=1S/C9H10N4O5S/c14-7-5(1-10-8(15)12-7)13-6-3-19(17,18)2-4(6)11-9(13)16/h1,4,6H,2-3H2,(H,11,16)(H2,10,12,14,15)/t4-,6-/m0/s1. The van der Waals surface area contributed by atoms with Crippen molar-refractivity contribution in [3.63, 3.8) is 0 Å². The van der Waals surface area contributed by atoms with Gasteiger partial charge < -0.3 is 10.3 Å². The quantitative estimate of drug-likeness (QED) is 0.502.